The molecule has 4 rings (SSSR count). The minimum absolute atomic E-state index is 0. The summed E-state index contributed by atoms with van der Waals surface area (Å²) in [7, 11) is 0. The first-order chi connectivity index (χ1) is 21.2. The normalized spacial score (nSPS) is 14.4. The van der Waals surface area contributed by atoms with Gasteiger partial charge in [-0.1, -0.05) is 19.6 Å². The average molecular weight is 659 g/mol. The lowest BCUT2D eigenvalue weighted by Gasteiger charge is -2.26. The molecule has 0 radical (unpaired) electrons. The summed E-state index contributed by atoms with van der Waals surface area (Å²) in [6.07, 6.45) is 1.92. The van der Waals surface area contributed by atoms with Crippen LogP contribution < -0.4 is 16.8 Å². The Labute approximate surface area is 281 Å². The van der Waals surface area contributed by atoms with Crippen molar-refractivity contribution in [3.63, 3.8) is 0 Å². The van der Waals surface area contributed by atoms with Crippen molar-refractivity contribution in [1.29, 1.82) is 0 Å². The van der Waals surface area contributed by atoms with Crippen LogP contribution >= 0.6 is 0 Å². The highest BCUT2D eigenvalue weighted by Crippen LogP contribution is 2.23. The van der Waals surface area contributed by atoms with Crippen molar-refractivity contribution in [2.45, 2.75) is 125 Å². The first-order valence-corrected chi connectivity index (χ1v) is 15.8. The number of rotatable bonds is 0. The molecule has 0 bridgehead atoms. The quantitative estimate of drug-likeness (QED) is 0.111. The van der Waals surface area contributed by atoms with Gasteiger partial charge in [0.1, 0.15) is 16.8 Å². The number of hydrogen-bond acceptors (Lipinski definition) is 10. The van der Waals surface area contributed by atoms with Crippen LogP contribution in [0.4, 0.5) is 25.8 Å². The molecule has 0 atom stereocenters. The smallest absolute Gasteiger partial charge is 0.444 e. The van der Waals surface area contributed by atoms with Crippen LogP contribution in [0.15, 0.2) is 36.4 Å². The first-order valence-electron chi connectivity index (χ1n) is 15.8. The SMILES string of the molecule is C.CC(C)(C)OC(=O)N1CCCc2cc(N)ccc2C1.CC(C)(C)OC(=O)OC(=O)OC(C)(C)C.Nc1ccc2c(c1)CCCNC2. The molecule has 2 heterocycles. The number of nitrogens with one attached hydrogen (secondary N) is 1. The maximum Gasteiger partial charge on any atom is 0.519 e. The molecule has 11 heteroatoms. The summed E-state index contributed by atoms with van der Waals surface area (Å²) in [4.78, 5) is 35.9. The summed E-state index contributed by atoms with van der Waals surface area (Å²) in [6.45, 7) is 19.1. The van der Waals surface area contributed by atoms with Crippen molar-refractivity contribution in [1.82, 2.24) is 10.2 Å². The average Bonchev–Trinajstić information content (AvgIpc) is 3.24. The Kier molecular flexibility index (Phi) is 15.5. The molecule has 2 aliphatic heterocycles. The van der Waals surface area contributed by atoms with Gasteiger partial charge in [0.15, 0.2) is 0 Å². The maximum atomic E-state index is 12.1. The van der Waals surface area contributed by atoms with Crippen LogP contribution in [0, 0.1) is 0 Å². The standard InChI is InChI=1S/C15H22N2O2.C10H14N2.C10H18O5.CH4/c1-15(2,3)19-14(18)17-8-4-5-11-9-13(16)7-6-12(11)10-17;11-10-4-3-9-7-12-5-1-2-8(9)6-10;1-9(2,3)14-7(11)13-8(12)15-10(4,5)6;/h6-7,9H,4-5,8,10,16H2,1-3H3;3-4,6,12H,1-2,5,7,11H2;1-6H3;1H4. The summed E-state index contributed by atoms with van der Waals surface area (Å²) in [5.74, 6) is 0. The van der Waals surface area contributed by atoms with E-state index in [9.17, 15) is 14.4 Å². The van der Waals surface area contributed by atoms with Gasteiger partial charge in [0.05, 0.1) is 0 Å². The molecule has 0 aliphatic carbocycles. The van der Waals surface area contributed by atoms with E-state index >= 15 is 0 Å². The second-order valence-corrected chi connectivity index (χ2v) is 14.4. The van der Waals surface area contributed by atoms with E-state index in [1.807, 2.05) is 45.0 Å². The van der Waals surface area contributed by atoms with Gasteiger partial charge in [-0.25, -0.2) is 14.4 Å². The van der Waals surface area contributed by atoms with Crippen molar-refractivity contribution in [2.24, 2.45) is 0 Å². The van der Waals surface area contributed by atoms with E-state index in [0.29, 0.717) is 6.54 Å². The Morgan fingerprint density at radius 3 is 1.66 bits per heavy atom. The number of carbonyl (C=O) groups excluding carboxylic acids is 3. The number of aryl methyl sites for hydroxylation is 2. The molecule has 0 aromatic heterocycles. The zero-order valence-corrected chi connectivity index (χ0v) is 29.1. The zero-order valence-electron chi connectivity index (χ0n) is 29.1. The van der Waals surface area contributed by atoms with Crippen LogP contribution in [-0.2, 0) is 44.9 Å². The minimum atomic E-state index is -1.06. The topological polar surface area (TPSA) is 155 Å². The molecule has 264 valence electrons. The van der Waals surface area contributed by atoms with Crippen LogP contribution in [0.2, 0.25) is 0 Å². The second kappa shape index (κ2) is 17.8. The molecule has 2 aromatic rings. The van der Waals surface area contributed by atoms with Gasteiger partial charge in [0, 0.05) is 31.0 Å². The van der Waals surface area contributed by atoms with E-state index in [1.165, 1.54) is 23.1 Å². The third-order valence-electron chi connectivity index (χ3n) is 6.41. The van der Waals surface area contributed by atoms with Crippen LogP contribution in [-0.4, -0.2) is 53.2 Å². The molecule has 0 saturated carbocycles. The van der Waals surface area contributed by atoms with E-state index in [-0.39, 0.29) is 13.5 Å². The number of nitrogen functional groups attached to an aromatic ring is 2. The molecular weight excluding hydrogens is 600 g/mol. The number of hydrogen-bond donors (Lipinski definition) is 3. The largest absolute Gasteiger partial charge is 0.519 e. The Balaban J connectivity index is 0.000000358. The number of benzene rings is 2. The van der Waals surface area contributed by atoms with Crippen LogP contribution in [0.1, 0.15) is 105 Å². The molecule has 2 aliphatic rings. The van der Waals surface area contributed by atoms with E-state index in [1.54, 1.807) is 46.4 Å². The summed E-state index contributed by atoms with van der Waals surface area (Å²) in [5.41, 5.74) is 16.6. The summed E-state index contributed by atoms with van der Waals surface area (Å²) in [5, 5.41) is 3.38. The zero-order chi connectivity index (χ0) is 34.7. The van der Waals surface area contributed by atoms with Crippen LogP contribution in [0.5, 0.6) is 0 Å². The third kappa shape index (κ3) is 16.9. The molecule has 5 N–H and O–H groups in total. The third-order valence-corrected chi connectivity index (χ3v) is 6.41. The summed E-state index contributed by atoms with van der Waals surface area (Å²) >= 11 is 0. The van der Waals surface area contributed by atoms with Gasteiger partial charge in [-0.2, -0.15) is 0 Å². The lowest BCUT2D eigenvalue weighted by Crippen LogP contribution is -2.36. The van der Waals surface area contributed by atoms with Gasteiger partial charge in [0.25, 0.3) is 0 Å². The molecule has 2 aromatic carbocycles. The molecule has 0 saturated heterocycles. The van der Waals surface area contributed by atoms with Crippen molar-refractivity contribution < 1.29 is 33.3 Å². The van der Waals surface area contributed by atoms with Crippen molar-refractivity contribution in [2.75, 3.05) is 24.6 Å². The highest BCUT2D eigenvalue weighted by Gasteiger charge is 2.25. The minimum Gasteiger partial charge on any atom is -0.444 e. The number of nitrogens with zero attached hydrogens (tertiary/aromatic N) is 1. The molecule has 11 nitrogen and oxygen atoms in total. The molecule has 1 amide bonds. The van der Waals surface area contributed by atoms with Gasteiger partial charge in [-0.3, -0.25) is 0 Å². The van der Waals surface area contributed by atoms with Crippen LogP contribution in [0.3, 0.4) is 0 Å². The number of carbonyl (C=O) groups is 3. The van der Waals surface area contributed by atoms with E-state index in [0.717, 1.165) is 55.8 Å². The van der Waals surface area contributed by atoms with Gasteiger partial charge < -0.3 is 40.6 Å². The molecular formula is C36H58N4O7. The van der Waals surface area contributed by atoms with E-state index < -0.39 is 29.1 Å². The fourth-order valence-corrected chi connectivity index (χ4v) is 4.55. The second-order valence-electron chi connectivity index (χ2n) is 14.4. The van der Waals surface area contributed by atoms with Crippen molar-refractivity contribution in [3.05, 3.63) is 58.7 Å². The first kappa shape index (κ1) is 41.0. The fraction of sp³-hybridized carbons (Fsp3) is 0.583. The maximum absolute atomic E-state index is 12.1. The molecule has 47 heavy (non-hydrogen) atoms. The fourth-order valence-electron chi connectivity index (χ4n) is 4.55. The monoisotopic (exact) mass is 658 g/mol. The van der Waals surface area contributed by atoms with Gasteiger partial charge in [-0.15, -0.1) is 0 Å². The molecule has 0 spiro atoms. The van der Waals surface area contributed by atoms with Crippen molar-refractivity contribution >= 4 is 29.8 Å². The lowest BCUT2D eigenvalue weighted by molar-refractivity contribution is -0.0294. The highest BCUT2D eigenvalue weighted by atomic mass is 16.8. The Bertz CT molecular complexity index is 1300. The number of fused-ring (bicyclic) bond motifs is 2. The Hall–Kier alpha value is -3.99. The van der Waals surface area contributed by atoms with Gasteiger partial charge in [0.2, 0.25) is 0 Å². The lowest BCUT2D eigenvalue weighted by atomic mass is 10.0. The van der Waals surface area contributed by atoms with Crippen LogP contribution in [0.25, 0.3) is 0 Å². The predicted octanol–water partition coefficient (Wildman–Crippen LogP) is 7.77. The number of anilines is 2. The number of nitrogens with two attached hydrogens (primary N) is 2. The van der Waals surface area contributed by atoms with E-state index in [4.69, 9.17) is 25.7 Å². The van der Waals surface area contributed by atoms with Crippen molar-refractivity contribution in [3.8, 4) is 0 Å². The Morgan fingerprint density at radius 1 is 0.681 bits per heavy atom. The number of ether oxygens (including phenoxy) is 4. The van der Waals surface area contributed by atoms with Gasteiger partial charge >= 0.3 is 18.4 Å². The Morgan fingerprint density at radius 2 is 1.15 bits per heavy atom. The number of amides is 1. The molecule has 0 fully saturated rings. The summed E-state index contributed by atoms with van der Waals surface area (Å²) < 4.78 is 19.2. The highest BCUT2D eigenvalue weighted by molar-refractivity contribution is 5.77. The van der Waals surface area contributed by atoms with Gasteiger partial charge in [-0.05, 0) is 141 Å². The summed E-state index contributed by atoms with van der Waals surface area (Å²) in [6, 6.07) is 12.1. The van der Waals surface area contributed by atoms with E-state index in [2.05, 4.69) is 22.2 Å². The predicted molar refractivity (Wildman–Crippen MR) is 187 cm³/mol. The molecule has 0 unspecified atom stereocenters.